The summed E-state index contributed by atoms with van der Waals surface area (Å²) in [7, 11) is 1.72. The quantitative estimate of drug-likeness (QED) is 0.357. The molecule has 1 fully saturated rings. The Morgan fingerprint density at radius 2 is 2.17 bits per heavy atom. The Morgan fingerprint density at radius 3 is 2.77 bits per heavy atom. The van der Waals surface area contributed by atoms with Crippen molar-refractivity contribution in [1.82, 2.24) is 24.4 Å². The number of aromatic amines is 1. The maximum Gasteiger partial charge on any atom is 0.405 e. The third kappa shape index (κ3) is 4.63. The highest BCUT2D eigenvalue weighted by Crippen LogP contribution is 2.34. The van der Waals surface area contributed by atoms with Crippen LogP contribution in [0.25, 0.3) is 0 Å². The van der Waals surface area contributed by atoms with Gasteiger partial charge in [0, 0.05) is 41.9 Å². The van der Waals surface area contributed by atoms with Crippen LogP contribution < -0.4 is 10.6 Å². The molecule has 3 rings (SSSR count). The van der Waals surface area contributed by atoms with Crippen LogP contribution in [0, 0.1) is 5.41 Å². The van der Waals surface area contributed by atoms with Gasteiger partial charge in [-0.15, -0.1) is 4.31 Å². The number of nitrogens with one attached hydrogen (secondary N) is 4. The molecule has 1 aliphatic rings. The highest BCUT2D eigenvalue weighted by Gasteiger charge is 2.51. The molecule has 30 heavy (non-hydrogen) atoms. The van der Waals surface area contributed by atoms with Crippen molar-refractivity contribution in [2.45, 2.75) is 18.1 Å². The van der Waals surface area contributed by atoms with Gasteiger partial charge in [-0.3, -0.25) is 14.9 Å². The maximum absolute atomic E-state index is 12.4. The molecule has 0 bridgehead atoms. The third-order valence-corrected chi connectivity index (χ3v) is 5.89. The standard InChI is InChI=1S/C17H22F3N7O2S/c1-22-15-12(3-4-23-15)14(21)11-6-25-27(7-11)16(9-26(10-16)30(2)29)5-13(28)24-8-17(18,19)20/h3-4,6-7,21-23H,5,8-10H2,1-2H3,(H,24,28). The molecule has 0 spiro atoms. The van der Waals surface area contributed by atoms with Crippen LogP contribution in [0.15, 0.2) is 24.7 Å². The van der Waals surface area contributed by atoms with E-state index in [1.807, 2.05) is 5.32 Å². The number of anilines is 1. The normalized spacial score (nSPS) is 17.3. The number of nitrogens with zero attached hydrogens (tertiary/aromatic N) is 3. The van der Waals surface area contributed by atoms with Crippen molar-refractivity contribution in [3.05, 3.63) is 35.8 Å². The Labute approximate surface area is 173 Å². The molecule has 0 saturated carbocycles. The molecule has 1 saturated heterocycles. The molecule has 3 heterocycles. The van der Waals surface area contributed by atoms with Gasteiger partial charge in [0.05, 0.1) is 31.4 Å². The number of hydrogen-bond acceptors (Lipinski definition) is 6. The number of H-pyrrole nitrogens is 1. The van der Waals surface area contributed by atoms with Gasteiger partial charge >= 0.3 is 6.18 Å². The fraction of sp³-hybridized carbons (Fsp3) is 0.471. The van der Waals surface area contributed by atoms with Crippen molar-refractivity contribution in [2.24, 2.45) is 0 Å². The summed E-state index contributed by atoms with van der Waals surface area (Å²) < 4.78 is 52.1. The molecular formula is C17H22F3N7O2S. The van der Waals surface area contributed by atoms with Crippen LogP contribution in [0.2, 0.25) is 0 Å². The Hall–Kier alpha value is -2.51. The first-order valence-corrected chi connectivity index (χ1v) is 10.5. The second-order valence-electron chi connectivity index (χ2n) is 7.08. The largest absolute Gasteiger partial charge is 0.598 e. The van der Waals surface area contributed by atoms with Gasteiger partial charge in [-0.2, -0.15) is 18.3 Å². The molecule has 9 nitrogen and oxygen atoms in total. The van der Waals surface area contributed by atoms with Crippen LogP contribution in [0.3, 0.4) is 0 Å². The first kappa shape index (κ1) is 22.2. The van der Waals surface area contributed by atoms with Gasteiger partial charge in [-0.05, 0) is 6.07 Å². The lowest BCUT2D eigenvalue weighted by Gasteiger charge is -2.47. The van der Waals surface area contributed by atoms with E-state index < -0.39 is 35.5 Å². The van der Waals surface area contributed by atoms with Crippen molar-refractivity contribution in [2.75, 3.05) is 38.3 Å². The van der Waals surface area contributed by atoms with Gasteiger partial charge in [0.1, 0.15) is 24.2 Å². The molecule has 1 unspecified atom stereocenters. The van der Waals surface area contributed by atoms with Crippen molar-refractivity contribution < 1.29 is 22.5 Å². The molecule has 0 radical (unpaired) electrons. The summed E-state index contributed by atoms with van der Waals surface area (Å²) in [6.45, 7) is -1.04. The van der Waals surface area contributed by atoms with E-state index in [0.717, 1.165) is 0 Å². The number of alkyl halides is 3. The monoisotopic (exact) mass is 445 g/mol. The number of hydrogen-bond donors (Lipinski definition) is 4. The Balaban J connectivity index is 1.80. The molecule has 1 aliphatic heterocycles. The van der Waals surface area contributed by atoms with Crippen LogP contribution in [-0.2, 0) is 21.7 Å². The Morgan fingerprint density at radius 1 is 1.47 bits per heavy atom. The average molecular weight is 445 g/mol. The van der Waals surface area contributed by atoms with Crippen LogP contribution in [0.1, 0.15) is 17.5 Å². The zero-order valence-corrected chi connectivity index (χ0v) is 17.2. The lowest BCUT2D eigenvalue weighted by atomic mass is 9.88. The summed E-state index contributed by atoms with van der Waals surface area (Å²) in [6.07, 6.45) is 1.47. The smallest absolute Gasteiger partial charge is 0.405 e. The maximum atomic E-state index is 12.4. The minimum absolute atomic E-state index is 0.190. The van der Waals surface area contributed by atoms with Crippen molar-refractivity contribution in [3.8, 4) is 0 Å². The van der Waals surface area contributed by atoms with Gasteiger partial charge in [0.2, 0.25) is 5.91 Å². The molecule has 4 N–H and O–H groups in total. The van der Waals surface area contributed by atoms with E-state index in [1.54, 1.807) is 29.8 Å². The third-order valence-electron chi connectivity index (χ3n) is 4.90. The first-order chi connectivity index (χ1) is 14.0. The summed E-state index contributed by atoms with van der Waals surface area (Å²) in [6, 6.07) is 1.73. The van der Waals surface area contributed by atoms with E-state index in [2.05, 4.69) is 15.4 Å². The van der Waals surface area contributed by atoms with Gasteiger partial charge < -0.3 is 20.2 Å². The topological polar surface area (TPSA) is 125 Å². The lowest BCUT2D eigenvalue weighted by molar-refractivity contribution is -0.140. The molecular weight excluding hydrogens is 423 g/mol. The predicted molar refractivity (Wildman–Crippen MR) is 106 cm³/mol. The SMILES string of the molecule is CNc1[nH]ccc1C(=N)c1cnn(C2(CC(=O)NCC(F)(F)F)CN([S+](C)[O-])C2)c1. The van der Waals surface area contributed by atoms with E-state index in [-0.39, 0.29) is 25.2 Å². The number of amides is 1. The minimum Gasteiger partial charge on any atom is -0.598 e. The summed E-state index contributed by atoms with van der Waals surface area (Å²) >= 11 is -1.28. The second kappa shape index (κ2) is 8.32. The van der Waals surface area contributed by atoms with Crippen LogP contribution >= 0.6 is 0 Å². The molecule has 1 amide bonds. The summed E-state index contributed by atoms with van der Waals surface area (Å²) in [4.78, 5) is 15.1. The zero-order chi connectivity index (χ0) is 22.1. The Bertz CT molecular complexity index is 919. The van der Waals surface area contributed by atoms with Crippen LogP contribution in [0.5, 0.6) is 0 Å². The van der Waals surface area contributed by atoms with E-state index in [9.17, 15) is 22.5 Å². The van der Waals surface area contributed by atoms with Gasteiger partial charge in [0.25, 0.3) is 0 Å². The number of halogens is 3. The number of rotatable bonds is 8. The molecule has 2 aromatic rings. The average Bonchev–Trinajstić information content (AvgIpc) is 3.30. The molecule has 2 aromatic heterocycles. The van der Waals surface area contributed by atoms with Crippen LogP contribution in [-0.4, -0.2) is 74.4 Å². The van der Waals surface area contributed by atoms with E-state index in [0.29, 0.717) is 16.9 Å². The van der Waals surface area contributed by atoms with Crippen LogP contribution in [0.4, 0.5) is 19.0 Å². The van der Waals surface area contributed by atoms with Crippen molar-refractivity contribution in [1.29, 1.82) is 5.41 Å². The van der Waals surface area contributed by atoms with E-state index in [4.69, 9.17) is 5.41 Å². The first-order valence-electron chi connectivity index (χ1n) is 8.96. The number of aromatic nitrogens is 3. The fourth-order valence-corrected chi connectivity index (χ4v) is 4.19. The molecule has 13 heteroatoms. The number of carbonyl (C=O) groups excluding carboxylic acids is 1. The molecule has 0 aliphatic carbocycles. The van der Waals surface area contributed by atoms with E-state index >= 15 is 0 Å². The van der Waals surface area contributed by atoms with Gasteiger partial charge in [-0.1, -0.05) is 0 Å². The highest BCUT2D eigenvalue weighted by molar-refractivity contribution is 7.88. The molecule has 164 valence electrons. The summed E-state index contributed by atoms with van der Waals surface area (Å²) in [5.74, 6) is -0.116. The second-order valence-corrected chi connectivity index (χ2v) is 8.44. The highest BCUT2D eigenvalue weighted by atomic mass is 32.2. The number of carbonyl (C=O) groups is 1. The zero-order valence-electron chi connectivity index (χ0n) is 16.3. The predicted octanol–water partition coefficient (Wildman–Crippen LogP) is 1.04. The lowest BCUT2D eigenvalue weighted by Crippen LogP contribution is -2.65. The van der Waals surface area contributed by atoms with Crippen molar-refractivity contribution >= 4 is 28.8 Å². The van der Waals surface area contributed by atoms with Gasteiger partial charge in [0.15, 0.2) is 0 Å². The fourth-order valence-electron chi connectivity index (χ4n) is 3.34. The molecule has 0 aromatic carbocycles. The van der Waals surface area contributed by atoms with E-state index in [1.165, 1.54) is 17.1 Å². The molecule has 1 atom stereocenters. The summed E-state index contributed by atoms with van der Waals surface area (Å²) in [5, 5.41) is 17.5. The minimum atomic E-state index is -4.51. The van der Waals surface area contributed by atoms with Gasteiger partial charge in [-0.25, -0.2) is 0 Å². The summed E-state index contributed by atoms with van der Waals surface area (Å²) in [5.41, 5.74) is 0.360. The Kier molecular flexibility index (Phi) is 6.15. The van der Waals surface area contributed by atoms with Crippen molar-refractivity contribution in [3.63, 3.8) is 0 Å².